The van der Waals surface area contributed by atoms with Gasteiger partial charge in [-0.2, -0.15) is 0 Å². The molecule has 5 aliphatic heterocycles. The molecule has 0 amide bonds. The second kappa shape index (κ2) is 9.43. The first-order chi connectivity index (χ1) is 20.0. The number of phenolic OH excluding ortho intramolecular Hbond substituents is 1. The standard InChI is InChI=1S/C34H32N2O5/c1-36-12-10-22-17-31(38-2)33-34-32(22)26(36)14-19-3-6-23(7-4-19)39-28-15-20(5-8-27(28)37)13-25-24-18-30(41-34)29(40-33)16-21(24)9-11-35-25/h3-8,15-18,25-26,35,37H,9-14H2,1-2H3/t25-,26+/m0/s1. The summed E-state index contributed by atoms with van der Waals surface area (Å²) in [5.74, 6) is 4.85. The van der Waals surface area contributed by atoms with E-state index in [0.29, 0.717) is 23.0 Å². The number of nitrogens with zero attached hydrogens (tertiary/aromatic N) is 1. The fourth-order valence-electron chi connectivity index (χ4n) is 6.79. The quantitative estimate of drug-likeness (QED) is 0.244. The SMILES string of the molecule is COc1cc2c3c4c1Oc1cc5c(cc1O4)[C@H](Cc1ccc(O)c(c1)Oc1ccc(cc1)C[C@H]3N(C)CC2)NCC5. The molecule has 0 unspecified atom stereocenters. The van der Waals surface area contributed by atoms with Crippen LogP contribution < -0.4 is 24.3 Å². The number of aromatic hydroxyl groups is 1. The van der Waals surface area contributed by atoms with Crippen molar-refractivity contribution in [2.24, 2.45) is 0 Å². The fraction of sp³-hybridized carbons (Fsp3) is 0.294. The van der Waals surface area contributed by atoms with E-state index in [9.17, 15) is 5.11 Å². The van der Waals surface area contributed by atoms with Crippen LogP contribution in [0.4, 0.5) is 0 Å². The first-order valence-electron chi connectivity index (χ1n) is 14.3. The van der Waals surface area contributed by atoms with Crippen molar-refractivity contribution in [1.29, 1.82) is 0 Å². The van der Waals surface area contributed by atoms with Crippen LogP contribution in [0.25, 0.3) is 0 Å². The molecule has 4 aromatic carbocycles. The zero-order valence-electron chi connectivity index (χ0n) is 23.2. The lowest BCUT2D eigenvalue weighted by Gasteiger charge is -2.38. The van der Waals surface area contributed by atoms with Crippen molar-refractivity contribution >= 4 is 0 Å². The summed E-state index contributed by atoms with van der Waals surface area (Å²) in [6.45, 7) is 1.81. The Bertz CT molecular complexity index is 1680. The minimum atomic E-state index is 0.0858. The molecule has 0 aliphatic carbocycles. The van der Waals surface area contributed by atoms with Crippen LogP contribution in [0.3, 0.4) is 0 Å². The monoisotopic (exact) mass is 548 g/mol. The van der Waals surface area contributed by atoms with Gasteiger partial charge in [0.15, 0.2) is 34.5 Å². The highest BCUT2D eigenvalue weighted by Gasteiger charge is 2.36. The molecular weight excluding hydrogens is 516 g/mol. The normalized spacial score (nSPS) is 20.3. The number of fused-ring (bicyclic) bond motifs is 2. The lowest BCUT2D eigenvalue weighted by molar-refractivity contribution is 0.220. The molecule has 0 saturated carbocycles. The summed E-state index contributed by atoms with van der Waals surface area (Å²) in [7, 11) is 3.87. The molecule has 7 heteroatoms. The average Bonchev–Trinajstić information content (AvgIpc) is 2.98. The van der Waals surface area contributed by atoms with Crippen LogP contribution in [0.1, 0.15) is 45.5 Å². The Morgan fingerprint density at radius 2 is 1.63 bits per heavy atom. The second-order valence-electron chi connectivity index (χ2n) is 11.5. The Hall–Kier alpha value is -4.20. The predicted octanol–water partition coefficient (Wildman–Crippen LogP) is 6.61. The smallest absolute Gasteiger partial charge is 0.212 e. The second-order valence-corrected chi connectivity index (χ2v) is 11.5. The molecule has 0 aromatic heterocycles. The average molecular weight is 549 g/mol. The van der Waals surface area contributed by atoms with E-state index < -0.39 is 0 Å². The Morgan fingerprint density at radius 1 is 0.829 bits per heavy atom. The number of methoxy groups -OCH3 is 1. The zero-order chi connectivity index (χ0) is 27.7. The summed E-state index contributed by atoms with van der Waals surface area (Å²) in [6, 6.07) is 20.4. The van der Waals surface area contributed by atoms with E-state index >= 15 is 0 Å². The highest BCUT2D eigenvalue weighted by atomic mass is 16.6. The maximum atomic E-state index is 10.6. The van der Waals surface area contributed by atoms with E-state index in [1.807, 2.05) is 24.3 Å². The number of hydrogen-bond donors (Lipinski definition) is 2. The van der Waals surface area contributed by atoms with Crippen molar-refractivity contribution < 1.29 is 24.1 Å². The molecule has 2 N–H and O–H groups in total. The summed E-state index contributed by atoms with van der Waals surface area (Å²) in [5.41, 5.74) is 7.11. The molecule has 9 rings (SSSR count). The van der Waals surface area contributed by atoms with Crippen LogP contribution in [0, 0.1) is 0 Å². The van der Waals surface area contributed by atoms with Crippen molar-refractivity contribution in [2.75, 3.05) is 27.2 Å². The van der Waals surface area contributed by atoms with Gasteiger partial charge in [0.05, 0.1) is 7.11 Å². The van der Waals surface area contributed by atoms with Crippen LogP contribution in [-0.2, 0) is 25.7 Å². The van der Waals surface area contributed by atoms with Crippen molar-refractivity contribution in [3.63, 3.8) is 0 Å². The summed E-state index contributed by atoms with van der Waals surface area (Å²) in [6.07, 6.45) is 3.36. The number of phenols is 1. The summed E-state index contributed by atoms with van der Waals surface area (Å²) < 4.78 is 25.5. The number of likely N-dealkylation sites (N-methyl/N-ethyl adjacent to an activating group) is 1. The van der Waals surface area contributed by atoms with Crippen LogP contribution in [0.15, 0.2) is 60.7 Å². The lowest BCUT2D eigenvalue weighted by Crippen LogP contribution is -2.34. The Kier molecular flexibility index (Phi) is 5.66. The fourth-order valence-corrected chi connectivity index (χ4v) is 6.79. The number of hydrogen-bond acceptors (Lipinski definition) is 7. The maximum absolute atomic E-state index is 10.6. The molecule has 0 fully saturated rings. The highest BCUT2D eigenvalue weighted by molar-refractivity contribution is 5.67. The summed E-state index contributed by atoms with van der Waals surface area (Å²) in [4.78, 5) is 2.40. The molecule has 0 saturated heterocycles. The van der Waals surface area contributed by atoms with Crippen LogP contribution in [0.2, 0.25) is 0 Å². The molecule has 0 spiro atoms. The van der Waals surface area contributed by atoms with Gasteiger partial charge in [-0.25, -0.2) is 0 Å². The topological polar surface area (TPSA) is 72.4 Å². The van der Waals surface area contributed by atoms with Gasteiger partial charge in [0.25, 0.3) is 0 Å². The van der Waals surface area contributed by atoms with Gasteiger partial charge in [-0.05, 0) is 110 Å². The van der Waals surface area contributed by atoms with E-state index in [1.54, 1.807) is 13.2 Å². The number of rotatable bonds is 1. The van der Waals surface area contributed by atoms with Gasteiger partial charge in [0.1, 0.15) is 5.75 Å². The predicted molar refractivity (Wildman–Crippen MR) is 155 cm³/mol. The Balaban J connectivity index is 1.32. The molecule has 208 valence electrons. The minimum Gasteiger partial charge on any atom is -0.504 e. The van der Waals surface area contributed by atoms with Crippen molar-refractivity contribution in [2.45, 2.75) is 37.8 Å². The third-order valence-electron chi connectivity index (χ3n) is 8.98. The molecule has 41 heavy (non-hydrogen) atoms. The zero-order valence-corrected chi connectivity index (χ0v) is 23.2. The third-order valence-corrected chi connectivity index (χ3v) is 8.98. The Morgan fingerprint density at radius 3 is 2.49 bits per heavy atom. The van der Waals surface area contributed by atoms with E-state index in [-0.39, 0.29) is 17.8 Å². The van der Waals surface area contributed by atoms with Gasteiger partial charge in [-0.15, -0.1) is 0 Å². The van der Waals surface area contributed by atoms with E-state index in [4.69, 9.17) is 18.9 Å². The van der Waals surface area contributed by atoms with Gasteiger partial charge >= 0.3 is 0 Å². The number of nitrogens with one attached hydrogen (secondary N) is 1. The molecule has 5 heterocycles. The van der Waals surface area contributed by atoms with E-state index in [0.717, 1.165) is 67.1 Å². The molecule has 2 atom stereocenters. The first kappa shape index (κ1) is 24.6. The largest absolute Gasteiger partial charge is 0.504 e. The molecular formula is C34H32N2O5. The summed E-state index contributed by atoms with van der Waals surface area (Å²) in [5, 5.41) is 14.3. The molecule has 7 nitrogen and oxygen atoms in total. The third kappa shape index (κ3) is 4.11. The minimum absolute atomic E-state index is 0.0858. The molecule has 5 aliphatic rings. The highest BCUT2D eigenvalue weighted by Crippen LogP contribution is 2.56. The first-order valence-corrected chi connectivity index (χ1v) is 14.3. The van der Waals surface area contributed by atoms with Gasteiger partial charge in [0.2, 0.25) is 5.75 Å². The lowest BCUT2D eigenvalue weighted by atomic mass is 9.87. The van der Waals surface area contributed by atoms with Gasteiger partial charge in [0, 0.05) is 24.2 Å². The van der Waals surface area contributed by atoms with E-state index in [2.05, 4.69) is 47.6 Å². The maximum Gasteiger partial charge on any atom is 0.212 e. The van der Waals surface area contributed by atoms with Crippen molar-refractivity contribution in [3.8, 4) is 46.0 Å². The molecule has 7 bridgehead atoms. The van der Waals surface area contributed by atoms with Gasteiger partial charge in [-0.3, -0.25) is 4.90 Å². The van der Waals surface area contributed by atoms with Crippen LogP contribution >= 0.6 is 0 Å². The molecule has 4 aromatic rings. The number of ether oxygens (including phenoxy) is 4. The van der Waals surface area contributed by atoms with Crippen molar-refractivity contribution in [1.82, 2.24) is 10.2 Å². The Labute approximate surface area is 239 Å². The van der Waals surface area contributed by atoms with E-state index in [1.165, 1.54) is 22.3 Å². The molecule has 0 radical (unpaired) electrons. The number of benzene rings is 4. The summed E-state index contributed by atoms with van der Waals surface area (Å²) >= 11 is 0. The van der Waals surface area contributed by atoms with Gasteiger partial charge in [-0.1, -0.05) is 18.2 Å². The van der Waals surface area contributed by atoms with Crippen LogP contribution in [0.5, 0.6) is 46.0 Å². The van der Waals surface area contributed by atoms with Crippen LogP contribution in [-0.4, -0.2) is 37.3 Å². The van der Waals surface area contributed by atoms with Gasteiger partial charge < -0.3 is 29.4 Å². The van der Waals surface area contributed by atoms with Crippen molar-refractivity contribution in [3.05, 3.63) is 94.0 Å².